The van der Waals surface area contributed by atoms with Crippen LogP contribution < -0.4 is 20.9 Å². The summed E-state index contributed by atoms with van der Waals surface area (Å²) in [6, 6.07) is 7.39. The van der Waals surface area contributed by atoms with E-state index in [0.29, 0.717) is 66.6 Å². The summed E-state index contributed by atoms with van der Waals surface area (Å²) in [5.74, 6) is 0.774. The summed E-state index contributed by atoms with van der Waals surface area (Å²) >= 11 is 0. The minimum atomic E-state index is -0.432. The molecule has 6 heterocycles. The molecular formula is C23H24N8O4. The van der Waals surface area contributed by atoms with Crippen molar-refractivity contribution in [3.05, 3.63) is 36.2 Å². The maximum Gasteiger partial charge on any atom is 0.300 e. The molecule has 0 bridgehead atoms. The Balaban J connectivity index is 1.31. The van der Waals surface area contributed by atoms with Crippen molar-refractivity contribution in [1.29, 1.82) is 0 Å². The Morgan fingerprint density at radius 1 is 1.00 bits per heavy atom. The summed E-state index contributed by atoms with van der Waals surface area (Å²) in [4.78, 5) is 35.1. The van der Waals surface area contributed by atoms with Crippen molar-refractivity contribution in [2.24, 2.45) is 0 Å². The molecule has 4 aromatic heterocycles. The Labute approximate surface area is 200 Å². The van der Waals surface area contributed by atoms with Crippen molar-refractivity contribution < 1.29 is 18.4 Å². The fraction of sp³-hybridized carbons (Fsp3) is 0.348. The van der Waals surface area contributed by atoms with Crippen LogP contribution in [-0.4, -0.2) is 65.2 Å². The number of oxazole rings is 2. The minimum absolute atomic E-state index is 0.114. The van der Waals surface area contributed by atoms with Gasteiger partial charge in [0, 0.05) is 32.2 Å². The maximum atomic E-state index is 13.1. The first-order valence-electron chi connectivity index (χ1n) is 11.5. The van der Waals surface area contributed by atoms with Crippen LogP contribution in [0.1, 0.15) is 23.3 Å². The number of pyridine rings is 2. The summed E-state index contributed by atoms with van der Waals surface area (Å²) < 4.78 is 16.9. The van der Waals surface area contributed by atoms with E-state index < -0.39 is 5.91 Å². The van der Waals surface area contributed by atoms with Crippen molar-refractivity contribution in [2.45, 2.75) is 12.8 Å². The van der Waals surface area contributed by atoms with E-state index in [1.165, 1.54) is 6.26 Å². The van der Waals surface area contributed by atoms with Gasteiger partial charge in [-0.15, -0.1) is 0 Å². The number of carbonyl (C=O) groups excluding carboxylic acids is 1. The monoisotopic (exact) mass is 476 g/mol. The average molecular weight is 476 g/mol. The number of fused-ring (bicyclic) bond motifs is 1. The van der Waals surface area contributed by atoms with Crippen LogP contribution in [0.4, 0.5) is 23.3 Å². The number of carbonyl (C=O) groups is 1. The van der Waals surface area contributed by atoms with E-state index in [1.54, 1.807) is 24.3 Å². The van der Waals surface area contributed by atoms with Gasteiger partial charge in [-0.05, 0) is 25.0 Å². The van der Waals surface area contributed by atoms with Crippen molar-refractivity contribution in [1.82, 2.24) is 19.9 Å². The summed E-state index contributed by atoms with van der Waals surface area (Å²) in [5.41, 5.74) is 7.83. The number of nitrogen functional groups attached to an aromatic ring is 1. The third kappa shape index (κ3) is 4.23. The first-order chi connectivity index (χ1) is 17.1. The van der Waals surface area contributed by atoms with E-state index in [-0.39, 0.29) is 11.6 Å². The fourth-order valence-electron chi connectivity index (χ4n) is 4.25. The second kappa shape index (κ2) is 8.87. The van der Waals surface area contributed by atoms with Gasteiger partial charge < -0.3 is 34.4 Å². The molecule has 0 aliphatic carbocycles. The van der Waals surface area contributed by atoms with Gasteiger partial charge in [-0.3, -0.25) is 4.79 Å². The fourth-order valence-corrected chi connectivity index (χ4v) is 4.25. The van der Waals surface area contributed by atoms with Crippen molar-refractivity contribution in [3.63, 3.8) is 0 Å². The van der Waals surface area contributed by atoms with Gasteiger partial charge in [0.2, 0.25) is 11.5 Å². The van der Waals surface area contributed by atoms with Crippen LogP contribution in [0.3, 0.4) is 0 Å². The number of anilines is 4. The lowest BCUT2D eigenvalue weighted by atomic mass is 10.3. The van der Waals surface area contributed by atoms with Gasteiger partial charge in [0.05, 0.1) is 18.9 Å². The van der Waals surface area contributed by atoms with Crippen molar-refractivity contribution in [2.75, 3.05) is 60.2 Å². The topological polar surface area (TPSA) is 149 Å². The second-order valence-electron chi connectivity index (χ2n) is 8.41. The molecule has 4 aromatic rings. The van der Waals surface area contributed by atoms with E-state index in [1.807, 2.05) is 4.90 Å². The number of morpholine rings is 1. The number of hydrogen-bond donors (Lipinski definition) is 2. The normalized spacial score (nSPS) is 16.2. The number of nitrogens with zero attached hydrogens (tertiary/aromatic N) is 6. The molecular weight excluding hydrogens is 452 g/mol. The molecule has 6 rings (SSSR count). The van der Waals surface area contributed by atoms with Gasteiger partial charge in [-0.1, -0.05) is 6.07 Å². The Morgan fingerprint density at radius 2 is 1.83 bits per heavy atom. The smallest absolute Gasteiger partial charge is 0.300 e. The quantitative estimate of drug-likeness (QED) is 0.437. The first kappa shape index (κ1) is 21.4. The van der Waals surface area contributed by atoms with Crippen molar-refractivity contribution in [3.8, 4) is 11.6 Å². The van der Waals surface area contributed by atoms with Gasteiger partial charge >= 0.3 is 0 Å². The van der Waals surface area contributed by atoms with Crippen LogP contribution in [0.2, 0.25) is 0 Å². The van der Waals surface area contributed by atoms with Crippen LogP contribution in [0.5, 0.6) is 0 Å². The molecule has 2 saturated heterocycles. The van der Waals surface area contributed by atoms with Gasteiger partial charge in [0.25, 0.3) is 11.9 Å². The number of nitrogens with two attached hydrogens (primary N) is 1. The lowest BCUT2D eigenvalue weighted by Crippen LogP contribution is -2.36. The van der Waals surface area contributed by atoms with Gasteiger partial charge in [-0.2, -0.15) is 4.98 Å². The summed E-state index contributed by atoms with van der Waals surface area (Å²) in [5, 5.41) is 2.93. The minimum Gasteiger partial charge on any atom is -0.442 e. The summed E-state index contributed by atoms with van der Waals surface area (Å²) in [6.07, 6.45) is 3.41. The summed E-state index contributed by atoms with van der Waals surface area (Å²) in [6.45, 7) is 4.35. The standard InChI is InChI=1S/C23H24N8O4/c24-18-5-3-4-14(25-18)22-27-16(13-34-22)21(32)26-15-12-17-19(28-20(15)30-6-1-2-7-30)29-23(35-17)31-8-10-33-11-9-31/h3-5,12-13H,1-2,6-11H2,(H2,24,25)(H,26,32). The predicted octanol–water partition coefficient (Wildman–Crippen LogP) is 2.54. The first-order valence-corrected chi connectivity index (χ1v) is 11.5. The number of aromatic nitrogens is 4. The predicted molar refractivity (Wildman–Crippen MR) is 128 cm³/mol. The largest absolute Gasteiger partial charge is 0.442 e. The highest BCUT2D eigenvalue weighted by atomic mass is 16.5. The molecule has 12 nitrogen and oxygen atoms in total. The SMILES string of the molecule is Nc1cccc(-c2nc(C(=O)Nc3cc4oc(N5CCOCC5)nc4nc3N3CCCC3)co2)n1. The van der Waals surface area contributed by atoms with Gasteiger partial charge in [0.15, 0.2) is 17.1 Å². The van der Waals surface area contributed by atoms with E-state index in [2.05, 4.69) is 25.2 Å². The Morgan fingerprint density at radius 3 is 2.63 bits per heavy atom. The molecule has 0 unspecified atom stereocenters. The molecule has 0 atom stereocenters. The Hall–Kier alpha value is -4.19. The molecule has 0 spiro atoms. The van der Waals surface area contributed by atoms with E-state index in [0.717, 1.165) is 25.9 Å². The third-order valence-electron chi connectivity index (χ3n) is 6.01. The molecule has 0 aromatic carbocycles. The molecule has 0 radical (unpaired) electrons. The van der Waals surface area contributed by atoms with Gasteiger partial charge in [0.1, 0.15) is 17.8 Å². The molecule has 2 aliphatic heterocycles. The van der Waals surface area contributed by atoms with Crippen molar-refractivity contribution >= 4 is 40.5 Å². The number of hydrogen-bond acceptors (Lipinski definition) is 11. The maximum absolute atomic E-state index is 13.1. The van der Waals surface area contributed by atoms with Crippen LogP contribution in [0.25, 0.3) is 22.8 Å². The lowest BCUT2D eigenvalue weighted by molar-refractivity contribution is 0.102. The molecule has 180 valence electrons. The zero-order valence-corrected chi connectivity index (χ0v) is 18.9. The highest BCUT2D eigenvalue weighted by Gasteiger charge is 2.24. The van der Waals surface area contributed by atoms with Crippen LogP contribution >= 0.6 is 0 Å². The lowest BCUT2D eigenvalue weighted by Gasteiger charge is -2.24. The molecule has 3 N–H and O–H groups in total. The highest BCUT2D eigenvalue weighted by Crippen LogP contribution is 2.33. The summed E-state index contributed by atoms with van der Waals surface area (Å²) in [7, 11) is 0. The molecule has 35 heavy (non-hydrogen) atoms. The van der Waals surface area contributed by atoms with E-state index in [9.17, 15) is 4.79 Å². The molecule has 1 amide bonds. The molecule has 2 aliphatic rings. The van der Waals surface area contributed by atoms with Gasteiger partial charge in [-0.25, -0.2) is 15.0 Å². The van der Waals surface area contributed by atoms with Crippen LogP contribution in [0.15, 0.2) is 39.4 Å². The number of nitrogens with one attached hydrogen (secondary N) is 1. The van der Waals surface area contributed by atoms with Crippen LogP contribution in [-0.2, 0) is 4.74 Å². The molecule has 2 fully saturated rings. The Kier molecular flexibility index (Phi) is 5.41. The zero-order valence-electron chi connectivity index (χ0n) is 18.9. The number of rotatable bonds is 5. The Bertz CT molecular complexity index is 1370. The second-order valence-corrected chi connectivity index (χ2v) is 8.41. The van der Waals surface area contributed by atoms with E-state index in [4.69, 9.17) is 24.3 Å². The highest BCUT2D eigenvalue weighted by molar-refractivity contribution is 6.05. The zero-order chi connectivity index (χ0) is 23.8. The molecule has 12 heteroatoms. The van der Waals surface area contributed by atoms with Crippen LogP contribution in [0, 0.1) is 0 Å². The molecule has 0 saturated carbocycles. The number of amides is 1. The van der Waals surface area contributed by atoms with E-state index >= 15 is 0 Å². The average Bonchev–Trinajstić information content (AvgIpc) is 3.65. The third-order valence-corrected chi connectivity index (χ3v) is 6.01. The number of ether oxygens (including phenoxy) is 1.